The number of carbonyl (C=O) groups excluding carboxylic acids is 2. The molecule has 86 valence electrons. The fourth-order valence-electron chi connectivity index (χ4n) is 0.792. The van der Waals surface area contributed by atoms with Crippen molar-refractivity contribution in [3.05, 3.63) is 0 Å². The van der Waals surface area contributed by atoms with Crippen LogP contribution in [0.3, 0.4) is 0 Å². The zero-order valence-corrected chi connectivity index (χ0v) is 7.76. The number of halogens is 3. The standard InChI is InChI=1S/C5H4F3NO5S/c6-5(7,8)13-15(12)14-9-3(10)1-2-4(9)11/h1-2H2. The summed E-state index contributed by atoms with van der Waals surface area (Å²) >= 11 is -3.26. The van der Waals surface area contributed by atoms with Crippen LogP contribution in [0.5, 0.6) is 0 Å². The second-order valence-corrected chi connectivity index (χ2v) is 3.11. The van der Waals surface area contributed by atoms with Crippen LogP contribution in [-0.4, -0.2) is 27.4 Å². The molecule has 0 aromatic heterocycles. The lowest BCUT2D eigenvalue weighted by Gasteiger charge is -2.11. The molecule has 1 fully saturated rings. The van der Waals surface area contributed by atoms with Crippen LogP contribution in [0.25, 0.3) is 0 Å². The Morgan fingerprint density at radius 1 is 1.20 bits per heavy atom. The van der Waals surface area contributed by atoms with Gasteiger partial charge in [0.2, 0.25) is 0 Å². The Balaban J connectivity index is 2.51. The highest BCUT2D eigenvalue weighted by molar-refractivity contribution is 7.75. The van der Waals surface area contributed by atoms with Crippen molar-refractivity contribution >= 4 is 23.2 Å². The first kappa shape index (κ1) is 12.1. The van der Waals surface area contributed by atoms with Crippen molar-refractivity contribution in [2.24, 2.45) is 0 Å². The SMILES string of the molecule is O=C1CCC(=O)N1OS(=O)OC(F)(F)F. The van der Waals surface area contributed by atoms with Gasteiger partial charge in [-0.05, 0) is 0 Å². The Labute approximate surface area is 83.7 Å². The topological polar surface area (TPSA) is 72.9 Å². The smallest absolute Gasteiger partial charge is 0.272 e. The van der Waals surface area contributed by atoms with Gasteiger partial charge in [0.25, 0.3) is 11.8 Å². The van der Waals surface area contributed by atoms with Crippen LogP contribution in [0.1, 0.15) is 12.8 Å². The maximum atomic E-state index is 11.5. The van der Waals surface area contributed by atoms with E-state index in [4.69, 9.17) is 0 Å². The molecule has 0 radical (unpaired) electrons. The average molecular weight is 247 g/mol. The minimum absolute atomic E-state index is 0.00184. The Hall–Kier alpha value is -1.00. The highest BCUT2D eigenvalue weighted by Crippen LogP contribution is 2.20. The summed E-state index contributed by atoms with van der Waals surface area (Å²) in [7, 11) is 0. The molecule has 0 aliphatic carbocycles. The molecule has 1 aliphatic heterocycles. The molecule has 0 saturated carbocycles. The van der Waals surface area contributed by atoms with E-state index in [1.165, 1.54) is 0 Å². The number of amides is 2. The molecule has 6 nitrogen and oxygen atoms in total. The van der Waals surface area contributed by atoms with E-state index in [1.54, 1.807) is 0 Å². The molecule has 15 heavy (non-hydrogen) atoms. The molecular formula is C5H4F3NO5S. The summed E-state index contributed by atoms with van der Waals surface area (Å²) in [4.78, 5) is 21.6. The second-order valence-electron chi connectivity index (χ2n) is 2.39. The fourth-order valence-corrected chi connectivity index (χ4v) is 1.27. The largest absolute Gasteiger partial charge is 0.537 e. The van der Waals surface area contributed by atoms with Gasteiger partial charge in [0.05, 0.1) is 0 Å². The van der Waals surface area contributed by atoms with Gasteiger partial charge in [0.1, 0.15) is 0 Å². The van der Waals surface area contributed by atoms with Crippen molar-refractivity contribution in [2.75, 3.05) is 0 Å². The molecule has 2 amide bonds. The summed E-state index contributed by atoms with van der Waals surface area (Å²) < 4.78 is 51.8. The fraction of sp³-hybridized carbons (Fsp3) is 0.600. The van der Waals surface area contributed by atoms with E-state index in [9.17, 15) is 27.0 Å². The van der Waals surface area contributed by atoms with E-state index < -0.39 is 29.5 Å². The molecule has 1 atom stereocenters. The Morgan fingerprint density at radius 2 is 1.67 bits per heavy atom. The quantitative estimate of drug-likeness (QED) is 0.665. The van der Waals surface area contributed by atoms with E-state index in [0.29, 0.717) is 0 Å². The molecule has 1 rings (SSSR count). The third-order valence-corrected chi connectivity index (χ3v) is 1.90. The Morgan fingerprint density at radius 3 is 2.07 bits per heavy atom. The van der Waals surface area contributed by atoms with Crippen LogP contribution >= 0.6 is 0 Å². The molecule has 0 aromatic rings. The van der Waals surface area contributed by atoms with Gasteiger partial charge >= 0.3 is 17.7 Å². The summed E-state index contributed by atoms with van der Waals surface area (Å²) in [5, 5.41) is 0.00184. The normalized spacial score (nSPS) is 19.8. The predicted molar refractivity (Wildman–Crippen MR) is 37.5 cm³/mol. The van der Waals surface area contributed by atoms with E-state index in [0.717, 1.165) is 0 Å². The first-order valence-corrected chi connectivity index (χ1v) is 4.52. The molecule has 0 N–H and O–H groups in total. The molecule has 1 unspecified atom stereocenters. The first-order valence-electron chi connectivity index (χ1n) is 3.52. The van der Waals surface area contributed by atoms with E-state index in [-0.39, 0.29) is 17.9 Å². The lowest BCUT2D eigenvalue weighted by Crippen LogP contribution is -2.32. The van der Waals surface area contributed by atoms with Gasteiger partial charge in [-0.1, -0.05) is 0 Å². The van der Waals surface area contributed by atoms with Crippen molar-refractivity contribution in [1.82, 2.24) is 5.06 Å². The van der Waals surface area contributed by atoms with Crippen molar-refractivity contribution in [3.8, 4) is 0 Å². The zero-order valence-electron chi connectivity index (χ0n) is 6.94. The summed E-state index contributed by atoms with van der Waals surface area (Å²) in [6.45, 7) is 0. The minimum Gasteiger partial charge on any atom is -0.272 e. The minimum atomic E-state index is -5.17. The predicted octanol–water partition coefficient (Wildman–Crippen LogP) is 0.182. The van der Waals surface area contributed by atoms with Crippen molar-refractivity contribution < 1.29 is 35.4 Å². The monoisotopic (exact) mass is 247 g/mol. The number of hydrogen-bond acceptors (Lipinski definition) is 5. The third-order valence-electron chi connectivity index (χ3n) is 1.30. The number of carbonyl (C=O) groups is 2. The third kappa shape index (κ3) is 3.57. The second kappa shape index (κ2) is 4.24. The van der Waals surface area contributed by atoms with Crippen molar-refractivity contribution in [2.45, 2.75) is 19.2 Å². The van der Waals surface area contributed by atoms with Crippen LogP contribution in [0.15, 0.2) is 0 Å². The molecular weight excluding hydrogens is 243 g/mol. The number of imide groups is 1. The first-order chi connectivity index (χ1) is 6.79. The van der Waals surface area contributed by atoms with Gasteiger partial charge in [-0.2, -0.15) is 8.39 Å². The summed E-state index contributed by atoms with van der Waals surface area (Å²) in [5.41, 5.74) is 0. The molecule has 0 spiro atoms. The van der Waals surface area contributed by atoms with Crippen LogP contribution < -0.4 is 0 Å². The number of hydroxylamine groups is 2. The van der Waals surface area contributed by atoms with E-state index in [2.05, 4.69) is 8.47 Å². The summed E-state index contributed by atoms with van der Waals surface area (Å²) in [6, 6.07) is 0. The van der Waals surface area contributed by atoms with Gasteiger partial charge in [-0.15, -0.1) is 22.5 Å². The molecule has 1 aliphatic rings. The lowest BCUT2D eigenvalue weighted by atomic mass is 10.4. The van der Waals surface area contributed by atoms with E-state index >= 15 is 0 Å². The van der Waals surface area contributed by atoms with Crippen LogP contribution in [0.2, 0.25) is 0 Å². The summed E-state index contributed by atoms with van der Waals surface area (Å²) in [6.07, 6.45) is -5.55. The Bertz CT molecular complexity index is 300. The number of hydrogen-bond donors (Lipinski definition) is 0. The number of rotatable bonds is 3. The molecule has 0 bridgehead atoms. The molecule has 1 heterocycles. The highest BCUT2D eigenvalue weighted by Gasteiger charge is 2.38. The van der Waals surface area contributed by atoms with Gasteiger partial charge in [0, 0.05) is 12.8 Å². The molecule has 1 saturated heterocycles. The number of alkyl halides is 3. The highest BCUT2D eigenvalue weighted by atomic mass is 32.2. The zero-order chi connectivity index (χ0) is 11.6. The lowest BCUT2D eigenvalue weighted by molar-refractivity contribution is -0.275. The van der Waals surface area contributed by atoms with E-state index in [1.807, 2.05) is 0 Å². The Kier molecular flexibility index (Phi) is 3.42. The maximum Gasteiger partial charge on any atom is 0.537 e. The van der Waals surface area contributed by atoms with Gasteiger partial charge in [0.15, 0.2) is 0 Å². The van der Waals surface area contributed by atoms with Crippen LogP contribution in [0, 0.1) is 0 Å². The van der Waals surface area contributed by atoms with Gasteiger partial charge in [-0.25, -0.2) is 0 Å². The van der Waals surface area contributed by atoms with Crippen LogP contribution in [0.4, 0.5) is 13.2 Å². The molecule has 0 aromatic carbocycles. The van der Waals surface area contributed by atoms with Crippen LogP contribution in [-0.2, 0) is 29.4 Å². The maximum absolute atomic E-state index is 11.5. The van der Waals surface area contributed by atoms with Gasteiger partial charge in [-0.3, -0.25) is 9.59 Å². The van der Waals surface area contributed by atoms with Crippen molar-refractivity contribution in [1.29, 1.82) is 0 Å². The molecule has 10 heteroatoms. The van der Waals surface area contributed by atoms with Crippen molar-refractivity contribution in [3.63, 3.8) is 0 Å². The summed E-state index contributed by atoms with van der Waals surface area (Å²) in [5.74, 6) is -1.72. The number of nitrogens with zero attached hydrogens (tertiary/aromatic N) is 1. The van der Waals surface area contributed by atoms with Gasteiger partial charge < -0.3 is 0 Å². The average Bonchev–Trinajstić information content (AvgIpc) is 2.32.